The van der Waals surface area contributed by atoms with Gasteiger partial charge in [0.05, 0.1) is 5.57 Å². The molecule has 0 radical (unpaired) electrons. The quantitative estimate of drug-likeness (QED) is 0.430. The Morgan fingerprint density at radius 2 is 1.71 bits per heavy atom. The summed E-state index contributed by atoms with van der Waals surface area (Å²) in [4.78, 5) is 12.2. The van der Waals surface area contributed by atoms with Crippen LogP contribution in [-0.4, -0.2) is 5.97 Å². The lowest BCUT2D eigenvalue weighted by Crippen LogP contribution is -1.97. The fourth-order valence-corrected chi connectivity index (χ4v) is 3.25. The SMILES string of the molecule is O=C1OC(c2cccc3ccccc23)=C/C1=C/c1cccc(Br)c1. The topological polar surface area (TPSA) is 26.3 Å². The normalized spacial score (nSPS) is 15.6. The van der Waals surface area contributed by atoms with Gasteiger partial charge >= 0.3 is 5.97 Å². The molecule has 0 saturated carbocycles. The number of benzene rings is 3. The second-order valence-electron chi connectivity index (χ2n) is 5.58. The fourth-order valence-electron chi connectivity index (χ4n) is 2.84. The Morgan fingerprint density at radius 1 is 0.917 bits per heavy atom. The Morgan fingerprint density at radius 3 is 2.58 bits per heavy atom. The molecule has 116 valence electrons. The maximum Gasteiger partial charge on any atom is 0.343 e. The summed E-state index contributed by atoms with van der Waals surface area (Å²) in [5, 5.41) is 2.19. The first-order valence-corrected chi connectivity index (χ1v) is 8.39. The summed E-state index contributed by atoms with van der Waals surface area (Å²) in [5.41, 5.74) is 2.43. The van der Waals surface area contributed by atoms with Gasteiger partial charge < -0.3 is 4.74 Å². The molecule has 0 aliphatic carbocycles. The predicted octanol–water partition coefficient (Wildman–Crippen LogP) is 5.58. The third-order valence-corrected chi connectivity index (χ3v) is 4.44. The minimum absolute atomic E-state index is 0.321. The molecule has 1 aliphatic rings. The molecule has 1 aliphatic heterocycles. The zero-order valence-electron chi connectivity index (χ0n) is 12.7. The predicted molar refractivity (Wildman–Crippen MR) is 100 cm³/mol. The van der Waals surface area contributed by atoms with E-state index >= 15 is 0 Å². The molecule has 0 N–H and O–H groups in total. The molecule has 0 bridgehead atoms. The maximum atomic E-state index is 12.2. The molecule has 1 heterocycles. The Hall–Kier alpha value is -2.65. The van der Waals surface area contributed by atoms with Gasteiger partial charge in [-0.15, -0.1) is 0 Å². The Balaban J connectivity index is 1.78. The van der Waals surface area contributed by atoms with Gasteiger partial charge in [0.2, 0.25) is 0 Å². The highest BCUT2D eigenvalue weighted by Gasteiger charge is 2.23. The molecule has 3 aromatic rings. The molecule has 2 nitrogen and oxygen atoms in total. The molecule has 0 fully saturated rings. The minimum Gasteiger partial charge on any atom is -0.422 e. The van der Waals surface area contributed by atoms with Gasteiger partial charge in [0.1, 0.15) is 5.76 Å². The summed E-state index contributed by atoms with van der Waals surface area (Å²) in [5.74, 6) is 0.274. The lowest BCUT2D eigenvalue weighted by atomic mass is 10.0. The molecule has 0 atom stereocenters. The molecule has 0 aromatic heterocycles. The molecule has 0 amide bonds. The van der Waals surface area contributed by atoms with E-state index in [0.717, 1.165) is 26.4 Å². The van der Waals surface area contributed by atoms with Crippen LogP contribution in [0.25, 0.3) is 22.6 Å². The summed E-state index contributed by atoms with van der Waals surface area (Å²) >= 11 is 3.44. The van der Waals surface area contributed by atoms with Gasteiger partial charge in [0.25, 0.3) is 0 Å². The number of halogens is 1. The van der Waals surface area contributed by atoms with Crippen LogP contribution < -0.4 is 0 Å². The minimum atomic E-state index is -0.321. The first-order valence-electron chi connectivity index (χ1n) is 7.60. The summed E-state index contributed by atoms with van der Waals surface area (Å²) in [7, 11) is 0. The molecular formula is C21H13BrO2. The number of rotatable bonds is 2. The van der Waals surface area contributed by atoms with Crippen molar-refractivity contribution in [2.75, 3.05) is 0 Å². The van der Waals surface area contributed by atoms with Gasteiger partial charge in [-0.05, 0) is 40.6 Å². The molecule has 0 spiro atoms. The Kier molecular flexibility index (Phi) is 3.79. The largest absolute Gasteiger partial charge is 0.422 e. The zero-order valence-corrected chi connectivity index (χ0v) is 14.3. The summed E-state index contributed by atoms with van der Waals surface area (Å²) in [6.07, 6.45) is 3.65. The summed E-state index contributed by atoms with van der Waals surface area (Å²) < 4.78 is 6.49. The first kappa shape index (κ1) is 14.9. The monoisotopic (exact) mass is 376 g/mol. The maximum absolute atomic E-state index is 12.2. The van der Waals surface area contributed by atoms with Crippen molar-refractivity contribution in [2.45, 2.75) is 0 Å². The molecular weight excluding hydrogens is 364 g/mol. The lowest BCUT2D eigenvalue weighted by molar-refractivity contribution is -0.130. The highest BCUT2D eigenvalue weighted by Crippen LogP contribution is 2.32. The van der Waals surface area contributed by atoms with E-state index in [4.69, 9.17) is 4.74 Å². The van der Waals surface area contributed by atoms with Crippen LogP contribution in [0.3, 0.4) is 0 Å². The standard InChI is InChI=1S/C21H13BrO2/c22-17-8-3-5-14(12-17)11-16-13-20(24-21(16)23)19-10-4-7-15-6-1-2-9-18(15)19/h1-13H/b16-11-. The van der Waals surface area contributed by atoms with Crippen molar-refractivity contribution >= 4 is 44.5 Å². The molecule has 3 aromatic carbocycles. The van der Waals surface area contributed by atoms with Crippen LogP contribution in [0.2, 0.25) is 0 Å². The highest BCUT2D eigenvalue weighted by molar-refractivity contribution is 9.10. The van der Waals surface area contributed by atoms with Crippen molar-refractivity contribution in [1.29, 1.82) is 0 Å². The zero-order chi connectivity index (χ0) is 16.5. The van der Waals surface area contributed by atoms with E-state index in [1.54, 1.807) is 0 Å². The van der Waals surface area contributed by atoms with Crippen LogP contribution in [0.15, 0.2) is 82.9 Å². The number of cyclic esters (lactones) is 1. The van der Waals surface area contributed by atoms with E-state index in [0.29, 0.717) is 11.3 Å². The molecule has 4 rings (SSSR count). The van der Waals surface area contributed by atoms with Gasteiger partial charge in [-0.25, -0.2) is 4.79 Å². The van der Waals surface area contributed by atoms with Gasteiger partial charge in [-0.2, -0.15) is 0 Å². The van der Waals surface area contributed by atoms with Crippen molar-refractivity contribution in [3.63, 3.8) is 0 Å². The molecule has 24 heavy (non-hydrogen) atoms. The van der Waals surface area contributed by atoms with E-state index in [-0.39, 0.29) is 5.97 Å². The fraction of sp³-hybridized carbons (Fsp3) is 0. The smallest absolute Gasteiger partial charge is 0.343 e. The molecule has 0 saturated heterocycles. The van der Waals surface area contributed by atoms with Crippen molar-refractivity contribution < 1.29 is 9.53 Å². The average molecular weight is 377 g/mol. The number of ether oxygens (including phenoxy) is 1. The second-order valence-corrected chi connectivity index (χ2v) is 6.50. The third kappa shape index (κ3) is 2.79. The van der Waals surface area contributed by atoms with Gasteiger partial charge in [-0.1, -0.05) is 70.5 Å². The van der Waals surface area contributed by atoms with Gasteiger partial charge in [0, 0.05) is 10.0 Å². The summed E-state index contributed by atoms with van der Waals surface area (Å²) in [6.45, 7) is 0. The van der Waals surface area contributed by atoms with Crippen molar-refractivity contribution in [3.05, 3.63) is 94.0 Å². The number of hydrogen-bond donors (Lipinski definition) is 0. The lowest BCUT2D eigenvalue weighted by Gasteiger charge is -2.06. The van der Waals surface area contributed by atoms with Crippen LogP contribution in [-0.2, 0) is 9.53 Å². The van der Waals surface area contributed by atoms with Crippen LogP contribution in [0, 0.1) is 0 Å². The van der Waals surface area contributed by atoms with Crippen LogP contribution in [0.5, 0.6) is 0 Å². The van der Waals surface area contributed by atoms with Gasteiger partial charge in [-0.3, -0.25) is 0 Å². The molecule has 3 heteroatoms. The van der Waals surface area contributed by atoms with Crippen molar-refractivity contribution in [1.82, 2.24) is 0 Å². The van der Waals surface area contributed by atoms with Crippen LogP contribution in [0.4, 0.5) is 0 Å². The number of fused-ring (bicyclic) bond motifs is 1. The number of carbonyl (C=O) groups is 1. The third-order valence-electron chi connectivity index (χ3n) is 3.95. The summed E-state index contributed by atoms with van der Waals surface area (Å²) in [6, 6.07) is 21.9. The van der Waals surface area contributed by atoms with Crippen molar-refractivity contribution in [3.8, 4) is 0 Å². The van der Waals surface area contributed by atoms with E-state index < -0.39 is 0 Å². The van der Waals surface area contributed by atoms with E-state index in [9.17, 15) is 4.79 Å². The van der Waals surface area contributed by atoms with E-state index in [1.807, 2.05) is 66.7 Å². The second kappa shape index (κ2) is 6.10. The van der Waals surface area contributed by atoms with E-state index in [2.05, 4.69) is 28.1 Å². The average Bonchev–Trinajstić information content (AvgIpc) is 2.95. The van der Waals surface area contributed by atoms with Crippen LogP contribution >= 0.6 is 15.9 Å². The molecule has 0 unspecified atom stereocenters. The Bertz CT molecular complexity index is 1010. The Labute approximate surface area is 148 Å². The van der Waals surface area contributed by atoms with Crippen LogP contribution in [0.1, 0.15) is 11.1 Å². The van der Waals surface area contributed by atoms with E-state index in [1.165, 1.54) is 0 Å². The first-order chi connectivity index (χ1) is 11.7. The van der Waals surface area contributed by atoms with Gasteiger partial charge in [0.15, 0.2) is 0 Å². The number of esters is 1. The van der Waals surface area contributed by atoms with Crippen molar-refractivity contribution in [2.24, 2.45) is 0 Å². The highest BCUT2D eigenvalue weighted by atomic mass is 79.9. The number of carbonyl (C=O) groups excluding carboxylic acids is 1. The number of hydrogen-bond acceptors (Lipinski definition) is 2.